The summed E-state index contributed by atoms with van der Waals surface area (Å²) in [6, 6.07) is 7.50. The third kappa shape index (κ3) is 5.18. The first-order chi connectivity index (χ1) is 8.67. The zero-order valence-corrected chi connectivity index (χ0v) is 11.9. The summed E-state index contributed by atoms with van der Waals surface area (Å²) in [5, 5.41) is 3.54. The van der Waals surface area contributed by atoms with E-state index < -0.39 is 0 Å². The first-order valence-electron chi connectivity index (χ1n) is 7.14. The molecule has 1 rings (SSSR count). The molecule has 0 aromatic heterocycles. The van der Waals surface area contributed by atoms with Crippen molar-refractivity contribution in [3.63, 3.8) is 0 Å². The van der Waals surface area contributed by atoms with Crippen LogP contribution in [-0.2, 0) is 6.42 Å². The first-order valence-corrected chi connectivity index (χ1v) is 7.14. The number of hydrogen-bond acceptors (Lipinski definition) is 1. The highest BCUT2D eigenvalue weighted by atomic mass is 19.1. The van der Waals surface area contributed by atoms with Crippen molar-refractivity contribution >= 4 is 0 Å². The molecule has 18 heavy (non-hydrogen) atoms. The summed E-state index contributed by atoms with van der Waals surface area (Å²) in [6.45, 7) is 7.65. The zero-order valence-electron chi connectivity index (χ0n) is 11.9. The molecule has 0 heterocycles. The highest BCUT2D eigenvalue weighted by Crippen LogP contribution is 2.16. The van der Waals surface area contributed by atoms with Gasteiger partial charge < -0.3 is 5.32 Å². The fourth-order valence-electron chi connectivity index (χ4n) is 2.17. The van der Waals surface area contributed by atoms with Crippen molar-refractivity contribution in [1.29, 1.82) is 0 Å². The van der Waals surface area contributed by atoms with Gasteiger partial charge in [0.2, 0.25) is 0 Å². The van der Waals surface area contributed by atoms with E-state index >= 15 is 0 Å². The highest BCUT2D eigenvalue weighted by Gasteiger charge is 2.14. The SMILES string of the molecule is CCCNC(Cc1ccccc1F)CC(C)CC. The third-order valence-electron chi connectivity index (χ3n) is 3.49. The number of nitrogens with one attached hydrogen (secondary N) is 1. The quantitative estimate of drug-likeness (QED) is 0.731. The lowest BCUT2D eigenvalue weighted by atomic mass is 9.94. The van der Waals surface area contributed by atoms with Crippen LogP contribution in [0.5, 0.6) is 0 Å². The molecule has 2 heteroatoms. The van der Waals surface area contributed by atoms with E-state index in [4.69, 9.17) is 0 Å². The molecule has 0 fully saturated rings. The van der Waals surface area contributed by atoms with Gasteiger partial charge in [-0.25, -0.2) is 4.39 Å². The molecule has 2 atom stereocenters. The van der Waals surface area contributed by atoms with Crippen molar-refractivity contribution < 1.29 is 4.39 Å². The average Bonchev–Trinajstić information content (AvgIpc) is 2.38. The second kappa shape index (κ2) is 8.25. The van der Waals surface area contributed by atoms with Crippen LogP contribution >= 0.6 is 0 Å². The molecule has 0 aliphatic heterocycles. The molecular formula is C16H26FN. The smallest absolute Gasteiger partial charge is 0.126 e. The van der Waals surface area contributed by atoms with E-state index in [0.29, 0.717) is 12.0 Å². The summed E-state index contributed by atoms with van der Waals surface area (Å²) in [5.41, 5.74) is 0.828. The maximum atomic E-state index is 13.7. The molecule has 1 aromatic rings. The van der Waals surface area contributed by atoms with Gasteiger partial charge in [0, 0.05) is 6.04 Å². The Hall–Kier alpha value is -0.890. The van der Waals surface area contributed by atoms with Crippen molar-refractivity contribution in [2.75, 3.05) is 6.54 Å². The van der Waals surface area contributed by atoms with Crippen LogP contribution in [0.2, 0.25) is 0 Å². The van der Waals surface area contributed by atoms with Gasteiger partial charge in [-0.05, 0) is 43.4 Å². The van der Waals surface area contributed by atoms with Gasteiger partial charge in [-0.3, -0.25) is 0 Å². The van der Waals surface area contributed by atoms with Gasteiger partial charge in [0.15, 0.2) is 0 Å². The van der Waals surface area contributed by atoms with E-state index in [-0.39, 0.29) is 5.82 Å². The van der Waals surface area contributed by atoms with Gasteiger partial charge in [-0.1, -0.05) is 45.4 Å². The molecule has 1 aromatic carbocycles. The van der Waals surface area contributed by atoms with Crippen molar-refractivity contribution in [2.24, 2.45) is 5.92 Å². The Kier molecular flexibility index (Phi) is 6.96. The monoisotopic (exact) mass is 251 g/mol. The van der Waals surface area contributed by atoms with Crippen LogP contribution in [0, 0.1) is 11.7 Å². The minimum atomic E-state index is -0.0787. The summed E-state index contributed by atoms with van der Waals surface area (Å²) in [4.78, 5) is 0. The molecule has 1 nitrogen and oxygen atoms in total. The van der Waals surface area contributed by atoms with Crippen molar-refractivity contribution in [1.82, 2.24) is 5.32 Å². The molecule has 1 N–H and O–H groups in total. The topological polar surface area (TPSA) is 12.0 Å². The number of hydrogen-bond donors (Lipinski definition) is 1. The third-order valence-corrected chi connectivity index (χ3v) is 3.49. The van der Waals surface area contributed by atoms with E-state index in [2.05, 4.69) is 26.1 Å². The molecule has 0 aliphatic carbocycles. The Balaban J connectivity index is 2.62. The van der Waals surface area contributed by atoms with Gasteiger partial charge in [0.1, 0.15) is 5.82 Å². The first kappa shape index (κ1) is 15.2. The van der Waals surface area contributed by atoms with Crippen molar-refractivity contribution in [2.45, 2.75) is 52.5 Å². The molecular weight excluding hydrogens is 225 g/mol. The number of rotatable bonds is 8. The Morgan fingerprint density at radius 1 is 1.22 bits per heavy atom. The Morgan fingerprint density at radius 2 is 1.94 bits per heavy atom. The van der Waals surface area contributed by atoms with Crippen molar-refractivity contribution in [3.05, 3.63) is 35.6 Å². The highest BCUT2D eigenvalue weighted by molar-refractivity contribution is 5.18. The van der Waals surface area contributed by atoms with Gasteiger partial charge in [-0.15, -0.1) is 0 Å². The van der Waals surface area contributed by atoms with Gasteiger partial charge in [-0.2, -0.15) is 0 Å². The zero-order chi connectivity index (χ0) is 13.4. The molecule has 2 unspecified atom stereocenters. The van der Waals surface area contributed by atoms with Crippen LogP contribution in [0.1, 0.15) is 45.6 Å². The molecule has 0 saturated heterocycles. The van der Waals surface area contributed by atoms with Crippen molar-refractivity contribution in [3.8, 4) is 0 Å². The minimum Gasteiger partial charge on any atom is -0.314 e. The van der Waals surface area contributed by atoms with Crippen LogP contribution in [0.4, 0.5) is 4.39 Å². The molecule has 0 radical (unpaired) electrons. The van der Waals surface area contributed by atoms with E-state index in [0.717, 1.165) is 31.4 Å². The van der Waals surface area contributed by atoms with Crippen LogP contribution in [0.25, 0.3) is 0 Å². The average molecular weight is 251 g/mol. The largest absolute Gasteiger partial charge is 0.314 e. The Labute approximate surface area is 111 Å². The molecule has 0 spiro atoms. The lowest BCUT2D eigenvalue weighted by molar-refractivity contribution is 0.388. The van der Waals surface area contributed by atoms with E-state index in [9.17, 15) is 4.39 Å². The maximum absolute atomic E-state index is 13.7. The minimum absolute atomic E-state index is 0.0787. The summed E-state index contributed by atoms with van der Waals surface area (Å²) >= 11 is 0. The second-order valence-corrected chi connectivity index (χ2v) is 5.20. The summed E-state index contributed by atoms with van der Waals surface area (Å²) < 4.78 is 13.7. The molecule has 0 amide bonds. The van der Waals surface area contributed by atoms with Crippen LogP contribution < -0.4 is 5.32 Å². The predicted molar refractivity (Wildman–Crippen MR) is 76.3 cm³/mol. The second-order valence-electron chi connectivity index (χ2n) is 5.20. The van der Waals surface area contributed by atoms with Gasteiger partial charge >= 0.3 is 0 Å². The maximum Gasteiger partial charge on any atom is 0.126 e. The van der Waals surface area contributed by atoms with Crippen LogP contribution in [0.15, 0.2) is 24.3 Å². The molecule has 0 aliphatic rings. The van der Waals surface area contributed by atoms with Crippen LogP contribution in [-0.4, -0.2) is 12.6 Å². The molecule has 0 bridgehead atoms. The van der Waals surface area contributed by atoms with Gasteiger partial charge in [0.05, 0.1) is 0 Å². The summed E-state index contributed by atoms with van der Waals surface area (Å²) in [5.74, 6) is 0.607. The van der Waals surface area contributed by atoms with E-state index in [1.165, 1.54) is 6.42 Å². The normalized spacial score (nSPS) is 14.4. The Morgan fingerprint density at radius 3 is 2.56 bits per heavy atom. The number of halogens is 1. The van der Waals surface area contributed by atoms with Crippen LogP contribution in [0.3, 0.4) is 0 Å². The predicted octanol–water partition coefficient (Wildman–Crippen LogP) is 4.17. The molecule has 102 valence electrons. The van der Waals surface area contributed by atoms with Gasteiger partial charge in [0.25, 0.3) is 0 Å². The van der Waals surface area contributed by atoms with E-state index in [1.807, 2.05) is 12.1 Å². The lowest BCUT2D eigenvalue weighted by Gasteiger charge is -2.22. The fraction of sp³-hybridized carbons (Fsp3) is 0.625. The summed E-state index contributed by atoms with van der Waals surface area (Å²) in [6.07, 6.45) is 4.21. The lowest BCUT2D eigenvalue weighted by Crippen LogP contribution is -2.33. The summed E-state index contributed by atoms with van der Waals surface area (Å²) in [7, 11) is 0. The number of benzene rings is 1. The standard InChI is InChI=1S/C16H26FN/c1-4-10-18-15(11-13(3)5-2)12-14-8-6-7-9-16(14)17/h6-9,13,15,18H,4-5,10-12H2,1-3H3. The molecule has 0 saturated carbocycles. The Bertz CT molecular complexity index is 338. The fourth-order valence-corrected chi connectivity index (χ4v) is 2.17. The van der Waals surface area contributed by atoms with E-state index in [1.54, 1.807) is 12.1 Å².